The van der Waals surface area contributed by atoms with Gasteiger partial charge in [-0.05, 0) is 18.8 Å². The predicted molar refractivity (Wildman–Crippen MR) is 93.2 cm³/mol. The number of aliphatic imine (C=N–C) groups is 1. The third-order valence-corrected chi connectivity index (χ3v) is 3.52. The number of hydrogen-bond acceptors (Lipinski definition) is 5. The lowest BCUT2D eigenvalue weighted by atomic mass is 10.0. The van der Waals surface area contributed by atoms with E-state index >= 15 is 0 Å². The van der Waals surface area contributed by atoms with Gasteiger partial charge in [-0.3, -0.25) is 4.99 Å². The zero-order chi connectivity index (χ0) is 15.2. The maximum atomic E-state index is 11.3. The molecular weight excluding hydrogens is 399 g/mol. The minimum Gasteiger partial charge on any atom is -0.464 e. The fourth-order valence-electron chi connectivity index (χ4n) is 2.37. The monoisotopic (exact) mass is 422 g/mol. The van der Waals surface area contributed by atoms with E-state index in [0.29, 0.717) is 25.0 Å². The van der Waals surface area contributed by atoms with Gasteiger partial charge in [-0.25, -0.2) is 9.48 Å². The molecule has 0 saturated carbocycles. The van der Waals surface area contributed by atoms with Crippen LogP contribution < -0.4 is 5.73 Å². The average Bonchev–Trinajstić information content (AvgIpc) is 2.95. The summed E-state index contributed by atoms with van der Waals surface area (Å²) in [6.07, 6.45) is 3.95. The predicted octanol–water partition coefficient (Wildman–Crippen LogP) is 0.729. The van der Waals surface area contributed by atoms with Gasteiger partial charge < -0.3 is 15.4 Å². The average molecular weight is 422 g/mol. The van der Waals surface area contributed by atoms with E-state index in [-0.39, 0.29) is 29.7 Å². The van der Waals surface area contributed by atoms with Crippen molar-refractivity contribution in [1.29, 1.82) is 0 Å². The van der Waals surface area contributed by atoms with E-state index in [1.807, 2.05) is 0 Å². The van der Waals surface area contributed by atoms with Crippen LogP contribution in [0.4, 0.5) is 0 Å². The van der Waals surface area contributed by atoms with Crippen LogP contribution in [-0.2, 0) is 11.3 Å². The number of likely N-dealkylation sites (tertiary alicyclic amines) is 1. The number of rotatable bonds is 4. The van der Waals surface area contributed by atoms with Crippen LogP contribution in [-0.4, -0.2) is 58.6 Å². The minimum atomic E-state index is -0.494. The Morgan fingerprint density at radius 2 is 2.36 bits per heavy atom. The smallest absolute Gasteiger partial charge is 0.360 e. The van der Waals surface area contributed by atoms with Crippen molar-refractivity contribution in [3.05, 3.63) is 11.9 Å². The summed E-state index contributed by atoms with van der Waals surface area (Å²) in [4.78, 5) is 17.7. The third-order valence-electron chi connectivity index (χ3n) is 3.52. The van der Waals surface area contributed by atoms with Gasteiger partial charge >= 0.3 is 5.97 Å². The molecule has 124 valence electrons. The van der Waals surface area contributed by atoms with Crippen LogP contribution >= 0.6 is 24.0 Å². The second kappa shape index (κ2) is 8.91. The van der Waals surface area contributed by atoms with Crippen LogP contribution in [0.2, 0.25) is 0 Å². The van der Waals surface area contributed by atoms with Gasteiger partial charge in [0.1, 0.15) is 0 Å². The zero-order valence-electron chi connectivity index (χ0n) is 12.9. The Bertz CT molecular complexity index is 518. The SMILES string of the molecule is COC(=O)c1cn(CCN=C(N)N2CCCC(C)C2)nn1.I. The number of esters is 1. The first kappa shape index (κ1) is 18.7. The van der Waals surface area contributed by atoms with Crippen LogP contribution in [0.15, 0.2) is 11.2 Å². The highest BCUT2D eigenvalue weighted by Gasteiger charge is 2.17. The molecule has 2 rings (SSSR count). The number of hydrogen-bond donors (Lipinski definition) is 1. The van der Waals surface area contributed by atoms with Crippen molar-refractivity contribution >= 4 is 35.9 Å². The molecule has 9 heteroatoms. The molecule has 1 atom stereocenters. The van der Waals surface area contributed by atoms with Gasteiger partial charge in [-0.2, -0.15) is 0 Å². The molecule has 1 aliphatic rings. The van der Waals surface area contributed by atoms with E-state index in [9.17, 15) is 4.79 Å². The summed E-state index contributed by atoms with van der Waals surface area (Å²) < 4.78 is 6.13. The maximum absolute atomic E-state index is 11.3. The highest BCUT2D eigenvalue weighted by atomic mass is 127. The number of halogens is 1. The number of nitrogens with two attached hydrogens (primary N) is 1. The van der Waals surface area contributed by atoms with E-state index in [2.05, 4.69) is 31.9 Å². The van der Waals surface area contributed by atoms with Crippen molar-refractivity contribution in [3.63, 3.8) is 0 Å². The summed E-state index contributed by atoms with van der Waals surface area (Å²) in [7, 11) is 1.31. The number of methoxy groups -OCH3 is 1. The van der Waals surface area contributed by atoms with E-state index in [1.54, 1.807) is 10.9 Å². The lowest BCUT2D eigenvalue weighted by Crippen LogP contribution is -2.43. The lowest BCUT2D eigenvalue weighted by Gasteiger charge is -2.31. The standard InChI is InChI=1S/C13H22N6O2.HI/c1-10-4-3-6-18(8-10)13(14)15-5-7-19-9-11(16-17-19)12(20)21-2;/h9-10H,3-8H2,1-2H3,(H2,14,15);1H. The van der Waals surface area contributed by atoms with Crippen LogP contribution in [0.3, 0.4) is 0 Å². The summed E-state index contributed by atoms with van der Waals surface area (Å²) in [6, 6.07) is 0. The van der Waals surface area contributed by atoms with Crippen LogP contribution in [0.5, 0.6) is 0 Å². The molecular formula is C13H23IN6O2. The fourth-order valence-corrected chi connectivity index (χ4v) is 2.37. The molecule has 1 saturated heterocycles. The van der Waals surface area contributed by atoms with Gasteiger partial charge in [0.15, 0.2) is 11.7 Å². The number of aromatic nitrogens is 3. The number of ether oxygens (including phenoxy) is 1. The van der Waals surface area contributed by atoms with Crippen molar-refractivity contribution in [2.45, 2.75) is 26.3 Å². The Morgan fingerprint density at radius 1 is 1.59 bits per heavy atom. The molecule has 0 aliphatic carbocycles. The van der Waals surface area contributed by atoms with Crippen molar-refractivity contribution in [2.24, 2.45) is 16.6 Å². The van der Waals surface area contributed by atoms with Crippen LogP contribution in [0.1, 0.15) is 30.3 Å². The molecule has 8 nitrogen and oxygen atoms in total. The number of carbonyl (C=O) groups is 1. The third kappa shape index (κ3) is 5.11. The number of carbonyl (C=O) groups excluding carboxylic acids is 1. The van der Waals surface area contributed by atoms with Crippen molar-refractivity contribution in [1.82, 2.24) is 19.9 Å². The molecule has 2 N–H and O–H groups in total. The van der Waals surface area contributed by atoms with E-state index in [4.69, 9.17) is 5.73 Å². The second-order valence-corrected chi connectivity index (χ2v) is 5.29. The Balaban J connectivity index is 0.00000242. The summed E-state index contributed by atoms with van der Waals surface area (Å²) in [6.45, 7) is 5.18. The summed E-state index contributed by atoms with van der Waals surface area (Å²) in [5.41, 5.74) is 6.20. The van der Waals surface area contributed by atoms with Crippen molar-refractivity contribution in [3.8, 4) is 0 Å². The van der Waals surface area contributed by atoms with Gasteiger partial charge in [0.25, 0.3) is 0 Å². The molecule has 1 aromatic heterocycles. The molecule has 1 aromatic rings. The van der Waals surface area contributed by atoms with Gasteiger partial charge in [0, 0.05) is 13.1 Å². The van der Waals surface area contributed by atoms with E-state index < -0.39 is 5.97 Å². The largest absolute Gasteiger partial charge is 0.464 e. The lowest BCUT2D eigenvalue weighted by molar-refractivity contribution is 0.0594. The van der Waals surface area contributed by atoms with Gasteiger partial charge in [-0.15, -0.1) is 29.1 Å². The maximum Gasteiger partial charge on any atom is 0.360 e. The summed E-state index contributed by atoms with van der Waals surface area (Å²) >= 11 is 0. The Labute approximate surface area is 147 Å². The molecule has 0 amide bonds. The Kier molecular flexibility index (Phi) is 7.56. The highest BCUT2D eigenvalue weighted by molar-refractivity contribution is 14.0. The van der Waals surface area contributed by atoms with Crippen LogP contribution in [0, 0.1) is 5.92 Å². The number of piperidine rings is 1. The molecule has 0 aromatic carbocycles. The highest BCUT2D eigenvalue weighted by Crippen LogP contribution is 2.14. The van der Waals surface area contributed by atoms with Crippen molar-refractivity contribution in [2.75, 3.05) is 26.7 Å². The first-order chi connectivity index (χ1) is 10.1. The molecule has 0 bridgehead atoms. The van der Waals surface area contributed by atoms with Crippen molar-refractivity contribution < 1.29 is 9.53 Å². The number of guanidine groups is 1. The minimum absolute atomic E-state index is 0. The molecule has 0 radical (unpaired) electrons. The van der Waals surface area contributed by atoms with E-state index in [0.717, 1.165) is 19.5 Å². The zero-order valence-corrected chi connectivity index (χ0v) is 15.3. The first-order valence-corrected chi connectivity index (χ1v) is 7.13. The Morgan fingerprint density at radius 3 is 3.05 bits per heavy atom. The number of nitrogens with zero attached hydrogens (tertiary/aromatic N) is 5. The summed E-state index contributed by atoms with van der Waals surface area (Å²) in [5.74, 6) is 0.742. The quantitative estimate of drug-likeness (QED) is 0.333. The topological polar surface area (TPSA) is 98.6 Å². The molecule has 1 fully saturated rings. The first-order valence-electron chi connectivity index (χ1n) is 7.13. The van der Waals surface area contributed by atoms with Gasteiger partial charge in [0.05, 0.1) is 26.4 Å². The molecule has 1 unspecified atom stereocenters. The molecule has 0 spiro atoms. The fraction of sp³-hybridized carbons (Fsp3) is 0.692. The molecule has 22 heavy (non-hydrogen) atoms. The van der Waals surface area contributed by atoms with Gasteiger partial charge in [-0.1, -0.05) is 12.1 Å². The van der Waals surface area contributed by atoms with Crippen LogP contribution in [0.25, 0.3) is 0 Å². The second-order valence-electron chi connectivity index (χ2n) is 5.29. The Hall–Kier alpha value is -1.39. The van der Waals surface area contributed by atoms with Gasteiger partial charge in [0.2, 0.25) is 0 Å². The summed E-state index contributed by atoms with van der Waals surface area (Å²) in [5, 5.41) is 7.58. The molecule has 2 heterocycles. The normalized spacial score (nSPS) is 18.7. The molecule has 1 aliphatic heterocycles. The van der Waals surface area contributed by atoms with E-state index in [1.165, 1.54) is 13.5 Å².